The van der Waals surface area contributed by atoms with Crippen LogP contribution in [0.5, 0.6) is 5.75 Å². The number of aromatic hydroxyl groups is 1. The van der Waals surface area contributed by atoms with Gasteiger partial charge >= 0.3 is 0 Å². The Morgan fingerprint density at radius 1 is 0.825 bits per heavy atom. The van der Waals surface area contributed by atoms with Gasteiger partial charge in [-0.2, -0.15) is 0 Å². The van der Waals surface area contributed by atoms with Crippen molar-refractivity contribution in [3.63, 3.8) is 0 Å². The van der Waals surface area contributed by atoms with Crippen LogP contribution in [-0.4, -0.2) is 123 Å². The lowest BCUT2D eigenvalue weighted by Crippen LogP contribution is -2.66. The highest BCUT2D eigenvalue weighted by molar-refractivity contribution is 6.26. The van der Waals surface area contributed by atoms with Crippen molar-refractivity contribution in [3.8, 4) is 5.75 Å². The predicted octanol–water partition coefficient (Wildman–Crippen LogP) is 1.71. The number of fused-ring (bicyclic) bond motifs is 5. The molecule has 0 bridgehead atoms. The molecule has 0 saturated heterocycles. The minimum Gasteiger partial charge on any atom is -0.508 e. The largest absolute Gasteiger partial charge is 0.508 e. The Hall–Kier alpha value is -6.65. The van der Waals surface area contributed by atoms with Gasteiger partial charge < -0.3 is 30.6 Å². The van der Waals surface area contributed by atoms with Crippen LogP contribution in [0.1, 0.15) is 64.5 Å². The number of hydrogen-bond donors (Lipinski definition) is 5. The molecule has 292 valence electrons. The normalized spacial score (nSPS) is 23.9. The topological polar surface area (TPSA) is 225 Å². The fourth-order valence-corrected chi connectivity index (χ4v) is 9.02. The summed E-state index contributed by atoms with van der Waals surface area (Å²) in [5, 5.41) is 50.0. The number of amides is 5. The number of phenolic OH excluding ortho intramolecular Hbond substituents is 1. The number of aliphatic hydroxyl groups is 3. The maximum atomic E-state index is 14.7. The number of imide groups is 2. The van der Waals surface area contributed by atoms with Crippen molar-refractivity contribution in [2.75, 3.05) is 39.8 Å². The molecule has 3 aliphatic carbocycles. The number of phenols is 1. The minimum absolute atomic E-state index is 0.0356. The lowest BCUT2D eigenvalue weighted by atomic mass is 9.57. The summed E-state index contributed by atoms with van der Waals surface area (Å²) >= 11 is 0. The molecule has 57 heavy (non-hydrogen) atoms. The Balaban J connectivity index is 1.18. The number of likely N-dealkylation sites (N-methyl/N-ethyl adjacent to an activating group) is 1. The summed E-state index contributed by atoms with van der Waals surface area (Å²) in [6.45, 7) is -1.08. The van der Waals surface area contributed by atoms with Crippen LogP contribution in [0.2, 0.25) is 0 Å². The van der Waals surface area contributed by atoms with E-state index in [0.717, 1.165) is 9.80 Å². The maximum absolute atomic E-state index is 14.7. The molecule has 1 saturated carbocycles. The number of carbonyl (C=O) groups is 7. The van der Waals surface area contributed by atoms with Crippen LogP contribution in [0.25, 0.3) is 5.76 Å². The van der Waals surface area contributed by atoms with Crippen LogP contribution in [-0.2, 0) is 27.3 Å². The molecule has 2 aliphatic heterocycles. The van der Waals surface area contributed by atoms with Crippen molar-refractivity contribution in [1.82, 2.24) is 20.0 Å². The van der Waals surface area contributed by atoms with Crippen LogP contribution in [0.15, 0.2) is 71.5 Å². The van der Waals surface area contributed by atoms with E-state index in [1.54, 1.807) is 49.3 Å². The predicted molar refractivity (Wildman–Crippen MR) is 200 cm³/mol. The van der Waals surface area contributed by atoms with Crippen molar-refractivity contribution >= 4 is 52.5 Å². The summed E-state index contributed by atoms with van der Waals surface area (Å²) in [7, 11) is 6.43. The van der Waals surface area contributed by atoms with Gasteiger partial charge in [-0.15, -0.1) is 0 Å². The maximum Gasteiger partial charge on any atom is 0.263 e. The van der Waals surface area contributed by atoms with Gasteiger partial charge in [0.1, 0.15) is 29.5 Å². The van der Waals surface area contributed by atoms with Gasteiger partial charge in [-0.1, -0.05) is 24.3 Å². The van der Waals surface area contributed by atoms with Crippen molar-refractivity contribution in [3.05, 3.63) is 110 Å². The average Bonchev–Trinajstić information content (AvgIpc) is 3.56. The van der Waals surface area contributed by atoms with Gasteiger partial charge in [-0.05, 0) is 68.8 Å². The van der Waals surface area contributed by atoms with E-state index in [9.17, 15) is 54.0 Å². The van der Waals surface area contributed by atoms with Gasteiger partial charge in [0.05, 0.1) is 40.4 Å². The lowest BCUT2D eigenvalue weighted by molar-refractivity contribution is -0.153. The molecule has 3 aromatic rings. The number of anilines is 1. The van der Waals surface area contributed by atoms with E-state index in [1.165, 1.54) is 43.3 Å². The second-order valence-electron chi connectivity index (χ2n) is 15.2. The monoisotopic (exact) mass is 775 g/mol. The highest BCUT2D eigenvalue weighted by Gasteiger charge is 2.64. The molecule has 4 atom stereocenters. The molecule has 2 heterocycles. The number of hydrogen-bond acceptors (Lipinski definition) is 13. The number of Topliss-reactive ketones (excluding diaryl/α,β-unsaturated/α-hetero) is 2. The SMILES string of the molecule is CN(C)c1cc(CN2C(=O)c3ccccc3C2=O)c(O)c2c1C[C@H]1C[C@H]3[C@@H](N(C)C)C(=O)C(C(=O)NCN4C(=O)c5ccccc5C4=O)=C(O)[C@@]3(O)C(=O)C1=C2O. The standard InChI is InChI=1S/C41H37N5O11/c1-43(2)26-15-19(16-45-37(53)20-9-5-6-10-21(20)38(45)54)31(47)28-24(26)13-18-14-25-30(44(3)4)33(49)29(35(51)41(25,57)34(50)27(18)32(28)48)36(52)42-17-46-39(55)22-11-7-8-12-23(22)40(46)56/h5-12,15,18,25,30,47-48,51,57H,13-14,16-17H2,1-4H3,(H,42,52)/t18-,25-,30+,41-/m0/s1. The van der Waals surface area contributed by atoms with Gasteiger partial charge in [0.2, 0.25) is 5.78 Å². The summed E-state index contributed by atoms with van der Waals surface area (Å²) in [6.07, 6.45) is -0.0953. The van der Waals surface area contributed by atoms with Crippen molar-refractivity contribution < 1.29 is 54.0 Å². The van der Waals surface area contributed by atoms with Crippen molar-refractivity contribution in [2.45, 2.75) is 31.0 Å². The molecular weight excluding hydrogens is 738 g/mol. The van der Waals surface area contributed by atoms with E-state index in [0.29, 0.717) is 11.3 Å². The zero-order valence-corrected chi connectivity index (χ0v) is 31.2. The van der Waals surface area contributed by atoms with Gasteiger partial charge in [0.25, 0.3) is 29.5 Å². The summed E-state index contributed by atoms with van der Waals surface area (Å²) < 4.78 is 0. The van der Waals surface area contributed by atoms with Crippen LogP contribution in [0.3, 0.4) is 0 Å². The van der Waals surface area contributed by atoms with E-state index in [1.807, 2.05) is 0 Å². The lowest BCUT2D eigenvalue weighted by Gasteiger charge is -2.50. The third kappa shape index (κ3) is 5.17. The van der Waals surface area contributed by atoms with Gasteiger partial charge in [-0.25, -0.2) is 0 Å². The summed E-state index contributed by atoms with van der Waals surface area (Å²) in [6, 6.07) is 12.6. The first-order chi connectivity index (χ1) is 27.0. The molecule has 0 aromatic heterocycles. The first-order valence-corrected chi connectivity index (χ1v) is 18.1. The zero-order valence-electron chi connectivity index (χ0n) is 31.2. The van der Waals surface area contributed by atoms with Gasteiger partial charge in [0, 0.05) is 36.8 Å². The Bertz CT molecular complexity index is 2420. The molecule has 8 rings (SSSR count). The molecule has 5 N–H and O–H groups in total. The number of nitrogens with one attached hydrogen (secondary N) is 1. The van der Waals surface area contributed by atoms with E-state index in [2.05, 4.69) is 5.32 Å². The molecule has 16 heteroatoms. The molecule has 16 nitrogen and oxygen atoms in total. The number of carbonyl (C=O) groups excluding carboxylic acids is 7. The second kappa shape index (κ2) is 13.0. The number of ketones is 2. The van der Waals surface area contributed by atoms with Gasteiger partial charge in [-0.3, -0.25) is 48.3 Å². The van der Waals surface area contributed by atoms with Gasteiger partial charge in [0.15, 0.2) is 11.4 Å². The highest BCUT2D eigenvalue weighted by atomic mass is 16.3. The van der Waals surface area contributed by atoms with E-state index < -0.39 is 94.1 Å². The number of benzene rings is 3. The second-order valence-corrected chi connectivity index (χ2v) is 15.2. The number of nitrogens with zero attached hydrogens (tertiary/aromatic N) is 4. The summed E-state index contributed by atoms with van der Waals surface area (Å²) in [5.41, 5.74) is -2.80. The van der Waals surface area contributed by atoms with Crippen LogP contribution < -0.4 is 10.2 Å². The Kier molecular flexibility index (Phi) is 8.48. The Labute approximate surface area is 324 Å². The third-order valence-electron chi connectivity index (χ3n) is 11.7. The molecule has 5 amide bonds. The smallest absolute Gasteiger partial charge is 0.263 e. The summed E-state index contributed by atoms with van der Waals surface area (Å²) in [4.78, 5) is 99.6. The number of aliphatic hydroxyl groups excluding tert-OH is 2. The molecule has 3 aromatic carbocycles. The molecule has 5 aliphatic rings. The third-order valence-corrected chi connectivity index (χ3v) is 11.7. The van der Waals surface area contributed by atoms with Crippen LogP contribution >= 0.6 is 0 Å². The van der Waals surface area contributed by atoms with Crippen LogP contribution in [0.4, 0.5) is 5.69 Å². The average molecular weight is 776 g/mol. The first kappa shape index (κ1) is 37.3. The molecule has 0 radical (unpaired) electrons. The number of rotatable bonds is 7. The zero-order chi connectivity index (χ0) is 41.0. The molecular formula is C41H37N5O11. The van der Waals surface area contributed by atoms with Crippen molar-refractivity contribution in [2.24, 2.45) is 11.8 Å². The Morgan fingerprint density at radius 3 is 1.86 bits per heavy atom. The summed E-state index contributed by atoms with van der Waals surface area (Å²) in [5.74, 6) is -10.6. The van der Waals surface area contributed by atoms with Crippen molar-refractivity contribution in [1.29, 1.82) is 0 Å². The minimum atomic E-state index is -2.92. The highest BCUT2D eigenvalue weighted by Crippen LogP contribution is 2.54. The van der Waals surface area contributed by atoms with E-state index in [-0.39, 0.29) is 58.3 Å². The quantitative estimate of drug-likeness (QED) is 0.171. The van der Waals surface area contributed by atoms with E-state index >= 15 is 0 Å². The molecule has 1 fully saturated rings. The fourth-order valence-electron chi connectivity index (χ4n) is 9.02. The van der Waals surface area contributed by atoms with Crippen LogP contribution in [0, 0.1) is 11.8 Å². The Morgan fingerprint density at radius 2 is 1.35 bits per heavy atom. The molecule has 0 unspecified atom stereocenters. The van der Waals surface area contributed by atoms with E-state index in [4.69, 9.17) is 0 Å². The molecule has 0 spiro atoms. The first-order valence-electron chi connectivity index (χ1n) is 18.1. The fraction of sp³-hybridized carbons (Fsp3) is 0.293.